The van der Waals surface area contributed by atoms with Gasteiger partial charge >= 0.3 is 6.03 Å². The molecule has 10 heteroatoms. The first-order chi connectivity index (χ1) is 14.2. The average Bonchev–Trinajstić information content (AvgIpc) is 3.34. The van der Waals surface area contributed by atoms with E-state index in [4.69, 9.17) is 10.3 Å². The van der Waals surface area contributed by atoms with Crippen molar-refractivity contribution in [2.45, 2.75) is 37.9 Å². The number of nitrogens with one attached hydrogen (secondary N) is 2. The molecule has 9 nitrogen and oxygen atoms in total. The minimum atomic E-state index is -0.606. The number of thioether (sulfide) groups is 1. The lowest BCUT2D eigenvalue weighted by molar-refractivity contribution is -0.117. The Morgan fingerprint density at radius 2 is 1.90 bits per heavy atom. The number of imide groups is 1. The van der Waals surface area contributed by atoms with Crippen molar-refractivity contribution >= 4 is 23.7 Å². The van der Waals surface area contributed by atoms with Crippen LogP contribution in [0.4, 0.5) is 4.79 Å². The van der Waals surface area contributed by atoms with Crippen LogP contribution in [-0.4, -0.2) is 32.6 Å². The summed E-state index contributed by atoms with van der Waals surface area (Å²) in [6, 6.07) is 10.8. The number of carbonyl (C=O) groups excluding carboxylic acids is 2. The second-order valence-corrected chi connectivity index (χ2v) is 8.54. The summed E-state index contributed by atoms with van der Waals surface area (Å²) in [6.45, 7) is 6.62. The van der Waals surface area contributed by atoms with E-state index in [1.807, 2.05) is 24.3 Å². The normalized spacial score (nSPS) is 11.3. The van der Waals surface area contributed by atoms with Crippen LogP contribution in [0, 0.1) is 0 Å². The zero-order valence-electron chi connectivity index (χ0n) is 17.0. The van der Waals surface area contributed by atoms with Crippen LogP contribution < -0.4 is 16.5 Å². The molecule has 158 valence electrons. The maximum Gasteiger partial charge on any atom is 0.321 e. The molecular weight excluding hydrogens is 404 g/mol. The first-order valence-electron chi connectivity index (χ1n) is 9.28. The van der Waals surface area contributed by atoms with Crippen molar-refractivity contribution in [1.82, 2.24) is 25.5 Å². The predicted octanol–water partition coefficient (Wildman–Crippen LogP) is 2.67. The smallest absolute Gasteiger partial charge is 0.321 e. The van der Waals surface area contributed by atoms with Crippen molar-refractivity contribution in [2.24, 2.45) is 0 Å². The van der Waals surface area contributed by atoms with Gasteiger partial charge in [0.25, 0.3) is 0 Å². The molecule has 0 spiro atoms. The lowest BCUT2D eigenvalue weighted by Crippen LogP contribution is -2.39. The molecule has 0 aliphatic rings. The highest BCUT2D eigenvalue weighted by atomic mass is 32.2. The molecular formula is C20H24N6O3S. The van der Waals surface area contributed by atoms with Crippen LogP contribution in [0.25, 0.3) is 11.4 Å². The lowest BCUT2D eigenvalue weighted by atomic mass is 9.87. The third kappa shape index (κ3) is 5.41. The maximum atomic E-state index is 12.0. The van der Waals surface area contributed by atoms with E-state index < -0.39 is 11.9 Å². The van der Waals surface area contributed by atoms with E-state index in [0.29, 0.717) is 16.7 Å². The molecule has 1 aromatic carbocycles. The summed E-state index contributed by atoms with van der Waals surface area (Å²) in [6.07, 6.45) is 1.51. The minimum Gasteiger partial charge on any atom is -0.467 e. The Labute approximate surface area is 178 Å². The fourth-order valence-corrected chi connectivity index (χ4v) is 3.27. The van der Waals surface area contributed by atoms with Gasteiger partial charge in [-0.05, 0) is 23.1 Å². The van der Waals surface area contributed by atoms with Crippen LogP contribution in [-0.2, 0) is 16.8 Å². The summed E-state index contributed by atoms with van der Waals surface area (Å²) >= 11 is 1.09. The predicted molar refractivity (Wildman–Crippen MR) is 114 cm³/mol. The number of benzene rings is 1. The second kappa shape index (κ2) is 9.04. The molecule has 0 unspecified atom stereocenters. The Hall–Kier alpha value is -3.27. The number of nitrogens with zero attached hydrogens (tertiary/aromatic N) is 3. The summed E-state index contributed by atoms with van der Waals surface area (Å²) in [5.41, 5.74) is 2.07. The van der Waals surface area contributed by atoms with Gasteiger partial charge in [0.2, 0.25) is 11.1 Å². The number of nitrogens with two attached hydrogens (primary N) is 1. The highest BCUT2D eigenvalue weighted by Gasteiger charge is 2.17. The van der Waals surface area contributed by atoms with E-state index in [1.165, 1.54) is 16.5 Å². The molecule has 0 atom stereocenters. The van der Waals surface area contributed by atoms with Crippen LogP contribution in [0.1, 0.15) is 32.1 Å². The van der Waals surface area contributed by atoms with Gasteiger partial charge in [0.15, 0.2) is 5.82 Å². The first kappa shape index (κ1) is 21.4. The third-order valence-electron chi connectivity index (χ3n) is 4.26. The average molecular weight is 429 g/mol. The van der Waals surface area contributed by atoms with E-state index in [-0.39, 0.29) is 17.7 Å². The molecule has 0 saturated heterocycles. The minimum absolute atomic E-state index is 0.0353. The number of carbonyl (C=O) groups is 2. The largest absolute Gasteiger partial charge is 0.467 e. The Bertz CT molecular complexity index is 1010. The molecule has 3 amide bonds. The maximum absolute atomic E-state index is 12.0. The van der Waals surface area contributed by atoms with Gasteiger partial charge in [-0.2, -0.15) is 0 Å². The molecule has 0 radical (unpaired) electrons. The van der Waals surface area contributed by atoms with Crippen LogP contribution in [0.5, 0.6) is 0 Å². The zero-order chi connectivity index (χ0) is 21.7. The number of rotatable bonds is 6. The Morgan fingerprint density at radius 1 is 1.17 bits per heavy atom. The van der Waals surface area contributed by atoms with Gasteiger partial charge in [-0.15, -0.1) is 10.2 Å². The fourth-order valence-electron chi connectivity index (χ4n) is 2.61. The second-order valence-electron chi connectivity index (χ2n) is 7.60. The molecule has 0 saturated carbocycles. The van der Waals surface area contributed by atoms with Gasteiger partial charge in [-0.3, -0.25) is 10.1 Å². The molecule has 0 fully saturated rings. The van der Waals surface area contributed by atoms with Crippen molar-refractivity contribution in [1.29, 1.82) is 0 Å². The number of amides is 3. The SMILES string of the molecule is CC(C)(C)c1ccc(-c2nnc(SCC(=O)NC(=O)NCc3ccco3)n2N)cc1. The van der Waals surface area contributed by atoms with Crippen LogP contribution in [0.3, 0.4) is 0 Å². The van der Waals surface area contributed by atoms with E-state index in [9.17, 15) is 9.59 Å². The standard InChI is InChI=1S/C20H24N6O3S/c1-20(2,3)14-8-6-13(7-9-14)17-24-25-19(26(17)21)30-12-16(27)23-18(28)22-11-15-5-4-10-29-15/h4-10H,11-12,21H2,1-3H3,(H2,22,23,27,28). The number of hydrogen-bond donors (Lipinski definition) is 3. The van der Waals surface area contributed by atoms with Crippen LogP contribution in [0.15, 0.2) is 52.2 Å². The van der Waals surface area contributed by atoms with Gasteiger partial charge < -0.3 is 15.6 Å². The highest BCUT2D eigenvalue weighted by Crippen LogP contribution is 2.26. The lowest BCUT2D eigenvalue weighted by Gasteiger charge is -2.19. The van der Waals surface area contributed by atoms with Crippen molar-refractivity contribution in [3.05, 3.63) is 54.0 Å². The summed E-state index contributed by atoms with van der Waals surface area (Å²) < 4.78 is 6.44. The van der Waals surface area contributed by atoms with Crippen molar-refractivity contribution in [3.8, 4) is 11.4 Å². The molecule has 2 heterocycles. The number of aromatic nitrogens is 3. The van der Waals surface area contributed by atoms with Gasteiger partial charge in [0, 0.05) is 5.56 Å². The highest BCUT2D eigenvalue weighted by molar-refractivity contribution is 7.99. The molecule has 3 rings (SSSR count). The van der Waals surface area contributed by atoms with E-state index >= 15 is 0 Å². The number of furan rings is 1. The molecule has 30 heavy (non-hydrogen) atoms. The van der Waals surface area contributed by atoms with Gasteiger partial charge in [0.1, 0.15) is 5.76 Å². The van der Waals surface area contributed by atoms with Crippen molar-refractivity contribution in [2.75, 3.05) is 11.6 Å². The molecule has 0 aliphatic heterocycles. The van der Waals surface area contributed by atoms with E-state index in [0.717, 1.165) is 17.3 Å². The van der Waals surface area contributed by atoms with Gasteiger partial charge in [-0.25, -0.2) is 9.47 Å². The topological polar surface area (TPSA) is 128 Å². The quantitative estimate of drug-likeness (QED) is 0.407. The van der Waals surface area contributed by atoms with Crippen molar-refractivity contribution < 1.29 is 14.0 Å². The molecule has 0 bridgehead atoms. The number of hydrogen-bond acceptors (Lipinski definition) is 7. The molecule has 2 aromatic heterocycles. The van der Waals surface area contributed by atoms with Crippen molar-refractivity contribution in [3.63, 3.8) is 0 Å². The first-order valence-corrected chi connectivity index (χ1v) is 10.3. The summed E-state index contributed by atoms with van der Waals surface area (Å²) in [4.78, 5) is 23.8. The van der Waals surface area contributed by atoms with E-state index in [1.54, 1.807) is 12.1 Å². The van der Waals surface area contributed by atoms with Crippen LogP contribution >= 0.6 is 11.8 Å². The third-order valence-corrected chi connectivity index (χ3v) is 5.21. The number of urea groups is 1. The molecule has 3 aromatic rings. The zero-order valence-corrected chi connectivity index (χ0v) is 17.8. The summed E-state index contributed by atoms with van der Waals surface area (Å²) in [5.74, 6) is 6.67. The molecule has 4 N–H and O–H groups in total. The Morgan fingerprint density at radius 3 is 2.53 bits per heavy atom. The van der Waals surface area contributed by atoms with Gasteiger partial charge in [-0.1, -0.05) is 56.8 Å². The summed E-state index contributed by atoms with van der Waals surface area (Å²) in [5, 5.41) is 13.3. The van der Waals surface area contributed by atoms with E-state index in [2.05, 4.69) is 41.6 Å². The Kier molecular flexibility index (Phi) is 6.46. The Balaban J connectivity index is 1.53. The fraction of sp³-hybridized carbons (Fsp3) is 0.300. The van der Waals surface area contributed by atoms with Crippen LogP contribution in [0.2, 0.25) is 0 Å². The van der Waals surface area contributed by atoms with Gasteiger partial charge in [0.05, 0.1) is 18.6 Å². The monoisotopic (exact) mass is 428 g/mol. The number of nitrogen functional groups attached to an aromatic ring is 1. The summed E-state index contributed by atoms with van der Waals surface area (Å²) in [7, 11) is 0. The molecule has 0 aliphatic carbocycles.